The van der Waals surface area contributed by atoms with Gasteiger partial charge in [0.1, 0.15) is 18.1 Å². The van der Waals surface area contributed by atoms with Gasteiger partial charge in [0.25, 0.3) is 5.91 Å². The topological polar surface area (TPSA) is 47.6 Å². The first kappa shape index (κ1) is 20.1. The minimum atomic E-state index is -2.89. The molecule has 3 aromatic rings. The van der Waals surface area contributed by atoms with Gasteiger partial charge in [0, 0.05) is 16.3 Å². The smallest absolute Gasteiger partial charge is 0.387 e. The number of hydrogen-bond acceptors (Lipinski definition) is 4. The highest BCUT2D eigenvalue weighted by atomic mass is 35.5. The maximum Gasteiger partial charge on any atom is 0.387 e. The van der Waals surface area contributed by atoms with Crippen molar-refractivity contribution in [3.63, 3.8) is 0 Å². The molecule has 146 valence electrons. The Morgan fingerprint density at radius 1 is 1.18 bits per heavy atom. The van der Waals surface area contributed by atoms with Gasteiger partial charge in [-0.1, -0.05) is 11.6 Å². The molecule has 0 aliphatic rings. The summed E-state index contributed by atoms with van der Waals surface area (Å²) in [6.07, 6.45) is 0. The van der Waals surface area contributed by atoms with E-state index in [1.807, 2.05) is 18.4 Å². The highest BCUT2D eigenvalue weighted by molar-refractivity contribution is 7.12. The minimum Gasteiger partial charge on any atom is -0.489 e. The highest BCUT2D eigenvalue weighted by Crippen LogP contribution is 2.24. The van der Waals surface area contributed by atoms with Gasteiger partial charge in [-0.3, -0.25) is 4.79 Å². The van der Waals surface area contributed by atoms with Gasteiger partial charge in [0.05, 0.1) is 4.88 Å². The molecule has 0 saturated heterocycles. The van der Waals surface area contributed by atoms with Crippen molar-refractivity contribution in [1.29, 1.82) is 0 Å². The van der Waals surface area contributed by atoms with E-state index in [0.717, 1.165) is 16.9 Å². The van der Waals surface area contributed by atoms with Crippen LogP contribution in [0.1, 0.15) is 20.8 Å². The van der Waals surface area contributed by atoms with Crippen molar-refractivity contribution in [1.82, 2.24) is 0 Å². The van der Waals surface area contributed by atoms with Crippen LogP contribution in [0.25, 0.3) is 0 Å². The van der Waals surface area contributed by atoms with E-state index in [4.69, 9.17) is 16.3 Å². The van der Waals surface area contributed by atoms with E-state index < -0.39 is 6.61 Å². The molecule has 0 radical (unpaired) electrons. The maximum absolute atomic E-state index is 12.3. The van der Waals surface area contributed by atoms with E-state index in [1.54, 1.807) is 18.2 Å². The zero-order valence-electron chi connectivity index (χ0n) is 14.7. The molecular weight excluding hydrogens is 408 g/mol. The molecule has 1 heterocycles. The van der Waals surface area contributed by atoms with Crippen LogP contribution in [0.4, 0.5) is 14.5 Å². The van der Waals surface area contributed by atoms with Crippen LogP contribution in [0.15, 0.2) is 53.9 Å². The fourth-order valence-electron chi connectivity index (χ4n) is 2.42. The molecule has 1 N–H and O–H groups in total. The Hall–Kier alpha value is -2.64. The second-order valence-electron chi connectivity index (χ2n) is 5.87. The lowest BCUT2D eigenvalue weighted by Crippen LogP contribution is -2.10. The Kier molecular flexibility index (Phi) is 6.49. The number of thiophene rings is 1. The van der Waals surface area contributed by atoms with Crippen molar-refractivity contribution in [2.24, 2.45) is 0 Å². The summed E-state index contributed by atoms with van der Waals surface area (Å²) >= 11 is 7.22. The number of aryl methyl sites for hydroxylation is 1. The van der Waals surface area contributed by atoms with Gasteiger partial charge in [0.15, 0.2) is 0 Å². The van der Waals surface area contributed by atoms with E-state index >= 15 is 0 Å². The number of benzene rings is 2. The molecule has 3 rings (SSSR count). The van der Waals surface area contributed by atoms with Crippen LogP contribution in [0.3, 0.4) is 0 Å². The third-order valence-electron chi connectivity index (χ3n) is 3.75. The van der Waals surface area contributed by atoms with E-state index in [1.165, 1.54) is 35.6 Å². The van der Waals surface area contributed by atoms with Gasteiger partial charge in [-0.05, 0) is 66.4 Å². The van der Waals surface area contributed by atoms with Crippen LogP contribution < -0.4 is 14.8 Å². The normalized spacial score (nSPS) is 10.8. The van der Waals surface area contributed by atoms with E-state index in [2.05, 4.69) is 10.1 Å². The quantitative estimate of drug-likeness (QED) is 0.496. The van der Waals surface area contributed by atoms with E-state index in [-0.39, 0.29) is 11.7 Å². The van der Waals surface area contributed by atoms with Gasteiger partial charge >= 0.3 is 6.61 Å². The number of hydrogen-bond donors (Lipinski definition) is 1. The summed E-state index contributed by atoms with van der Waals surface area (Å²) in [4.78, 5) is 12.9. The van der Waals surface area contributed by atoms with Gasteiger partial charge < -0.3 is 14.8 Å². The van der Waals surface area contributed by atoms with E-state index in [0.29, 0.717) is 22.2 Å². The molecule has 0 aliphatic heterocycles. The van der Waals surface area contributed by atoms with Crippen molar-refractivity contribution >= 4 is 34.5 Å². The SMILES string of the molecule is Cc1cc(Cl)ccc1OCc1csc(C(=O)Nc2ccc(OC(F)F)cc2)c1. The minimum absolute atomic E-state index is 0.0288. The first-order chi connectivity index (χ1) is 13.4. The average molecular weight is 424 g/mol. The number of rotatable bonds is 7. The largest absolute Gasteiger partial charge is 0.489 e. The van der Waals surface area contributed by atoms with Crippen LogP contribution in [0, 0.1) is 6.92 Å². The summed E-state index contributed by atoms with van der Waals surface area (Å²) in [5.74, 6) is 0.468. The summed E-state index contributed by atoms with van der Waals surface area (Å²) < 4.78 is 34.4. The molecule has 1 aromatic heterocycles. The van der Waals surface area contributed by atoms with Crippen LogP contribution in [-0.4, -0.2) is 12.5 Å². The second-order valence-corrected chi connectivity index (χ2v) is 7.22. The lowest BCUT2D eigenvalue weighted by Gasteiger charge is -2.08. The number of ether oxygens (including phenoxy) is 2. The van der Waals surface area contributed by atoms with Crippen LogP contribution in [0.2, 0.25) is 5.02 Å². The number of amides is 1. The third kappa shape index (κ3) is 5.43. The molecule has 2 aromatic carbocycles. The Morgan fingerprint density at radius 3 is 2.61 bits per heavy atom. The molecule has 0 fully saturated rings. The van der Waals surface area contributed by atoms with Crippen molar-refractivity contribution < 1.29 is 23.0 Å². The van der Waals surface area contributed by atoms with Crippen molar-refractivity contribution in [3.05, 3.63) is 74.9 Å². The number of carbonyl (C=O) groups excluding carboxylic acids is 1. The Labute approximate surface area is 169 Å². The molecular formula is C20H16ClF2NO3S. The molecule has 0 spiro atoms. The van der Waals surface area contributed by atoms with Crippen LogP contribution in [0.5, 0.6) is 11.5 Å². The molecule has 0 saturated carbocycles. The number of halogens is 3. The van der Waals surface area contributed by atoms with E-state index in [9.17, 15) is 13.6 Å². The first-order valence-electron chi connectivity index (χ1n) is 8.23. The van der Waals surface area contributed by atoms with Gasteiger partial charge in [-0.25, -0.2) is 0 Å². The Bertz CT molecular complexity index is 960. The molecule has 8 heteroatoms. The maximum atomic E-state index is 12.3. The zero-order chi connectivity index (χ0) is 20.1. The van der Waals surface area contributed by atoms with Crippen molar-refractivity contribution in [3.8, 4) is 11.5 Å². The number of anilines is 1. The summed E-state index contributed by atoms with van der Waals surface area (Å²) in [6, 6.07) is 12.9. The fourth-order valence-corrected chi connectivity index (χ4v) is 3.44. The molecule has 0 atom stereocenters. The highest BCUT2D eigenvalue weighted by Gasteiger charge is 2.11. The third-order valence-corrected chi connectivity index (χ3v) is 4.96. The zero-order valence-corrected chi connectivity index (χ0v) is 16.3. The molecule has 4 nitrogen and oxygen atoms in total. The monoisotopic (exact) mass is 423 g/mol. The second kappa shape index (κ2) is 9.03. The van der Waals surface area contributed by atoms with Gasteiger partial charge in [-0.2, -0.15) is 8.78 Å². The summed E-state index contributed by atoms with van der Waals surface area (Å²) in [6.45, 7) is -0.652. The lowest BCUT2D eigenvalue weighted by molar-refractivity contribution is -0.0498. The van der Waals surface area contributed by atoms with Gasteiger partial charge in [-0.15, -0.1) is 11.3 Å². The fraction of sp³-hybridized carbons (Fsp3) is 0.150. The molecule has 28 heavy (non-hydrogen) atoms. The van der Waals surface area contributed by atoms with Crippen molar-refractivity contribution in [2.45, 2.75) is 20.1 Å². The summed E-state index contributed by atoms with van der Waals surface area (Å²) in [5.41, 5.74) is 2.28. The predicted molar refractivity (Wildman–Crippen MR) is 106 cm³/mol. The standard InChI is InChI=1S/C20H16ClF2NO3S/c1-12-8-14(21)2-7-17(12)26-10-13-9-18(28-11-13)19(25)24-15-3-5-16(6-4-15)27-20(22)23/h2-9,11,20H,10H2,1H3,(H,24,25). The van der Waals surface area contributed by atoms with Crippen molar-refractivity contribution in [2.75, 3.05) is 5.32 Å². The lowest BCUT2D eigenvalue weighted by atomic mass is 10.2. The summed E-state index contributed by atoms with van der Waals surface area (Å²) in [7, 11) is 0. The Balaban J connectivity index is 1.57. The molecule has 1 amide bonds. The van der Waals surface area contributed by atoms with Crippen LogP contribution in [-0.2, 0) is 6.61 Å². The number of alkyl halides is 2. The first-order valence-corrected chi connectivity index (χ1v) is 9.49. The van der Waals surface area contributed by atoms with Crippen LogP contribution >= 0.6 is 22.9 Å². The predicted octanol–water partition coefficient (Wildman–Crippen LogP) is 6.14. The number of nitrogens with one attached hydrogen (secondary N) is 1. The number of carbonyl (C=O) groups is 1. The molecule has 0 unspecified atom stereocenters. The molecule has 0 aliphatic carbocycles. The average Bonchev–Trinajstić information content (AvgIpc) is 3.11. The Morgan fingerprint density at radius 2 is 1.93 bits per heavy atom. The van der Waals surface area contributed by atoms with Gasteiger partial charge in [0.2, 0.25) is 0 Å². The summed E-state index contributed by atoms with van der Waals surface area (Å²) in [5, 5.41) is 5.21. The molecule has 0 bridgehead atoms.